The maximum Gasteiger partial charge on any atom is 0.160 e. The van der Waals surface area contributed by atoms with E-state index in [0.717, 1.165) is 30.8 Å². The number of aryl methyl sites for hydroxylation is 1. The van der Waals surface area contributed by atoms with E-state index in [9.17, 15) is 5.11 Å². The van der Waals surface area contributed by atoms with Crippen molar-refractivity contribution in [2.45, 2.75) is 72.3 Å². The zero-order valence-electron chi connectivity index (χ0n) is 12.0. The fraction of sp³-hybridized carbons (Fsp3) is 0.786. The maximum atomic E-state index is 10.3. The lowest BCUT2D eigenvalue weighted by molar-refractivity contribution is 0.418. The Morgan fingerprint density at radius 1 is 1.29 bits per heavy atom. The second-order valence-electron chi connectivity index (χ2n) is 6.06. The van der Waals surface area contributed by atoms with Crippen LogP contribution in [0.5, 0.6) is 5.75 Å². The number of rotatable bonds is 4. The number of hydrogen-bond donors (Lipinski definition) is 1. The summed E-state index contributed by atoms with van der Waals surface area (Å²) < 4.78 is 1.99. The van der Waals surface area contributed by atoms with Crippen LogP contribution >= 0.6 is 0 Å². The summed E-state index contributed by atoms with van der Waals surface area (Å²) in [4.78, 5) is 0. The van der Waals surface area contributed by atoms with Crippen molar-refractivity contribution >= 4 is 0 Å². The molecule has 0 bridgehead atoms. The molecule has 1 rings (SSSR count). The fourth-order valence-electron chi connectivity index (χ4n) is 2.07. The molecule has 0 aliphatic heterocycles. The predicted octanol–water partition coefficient (Wildman–Crippen LogP) is 3.81. The SMILES string of the molecule is CCCCn1nc(C(C)C)c(O)c1C(C)(C)C. The third-order valence-electron chi connectivity index (χ3n) is 2.93. The Kier molecular flexibility index (Phi) is 4.23. The molecule has 3 nitrogen and oxygen atoms in total. The van der Waals surface area contributed by atoms with Gasteiger partial charge in [0.15, 0.2) is 5.75 Å². The summed E-state index contributed by atoms with van der Waals surface area (Å²) in [6.07, 6.45) is 2.24. The summed E-state index contributed by atoms with van der Waals surface area (Å²) >= 11 is 0. The molecule has 0 saturated heterocycles. The number of nitrogens with zero attached hydrogens (tertiary/aromatic N) is 2. The van der Waals surface area contributed by atoms with Crippen LogP contribution in [0.3, 0.4) is 0 Å². The highest BCUT2D eigenvalue weighted by molar-refractivity contribution is 5.38. The smallest absolute Gasteiger partial charge is 0.160 e. The van der Waals surface area contributed by atoms with Crippen molar-refractivity contribution in [2.24, 2.45) is 0 Å². The summed E-state index contributed by atoms with van der Waals surface area (Å²) in [6.45, 7) is 13.6. The van der Waals surface area contributed by atoms with Crippen LogP contribution in [0.4, 0.5) is 0 Å². The lowest BCUT2D eigenvalue weighted by atomic mass is 9.90. The van der Waals surface area contributed by atoms with Gasteiger partial charge in [-0.05, 0) is 6.42 Å². The molecule has 1 aromatic heterocycles. The largest absolute Gasteiger partial charge is 0.504 e. The standard InChI is InChI=1S/C14H26N2O/c1-7-8-9-16-13(14(4,5)6)12(17)11(15-16)10(2)3/h10,17H,7-9H2,1-6H3. The summed E-state index contributed by atoms with van der Waals surface area (Å²) in [5.41, 5.74) is 1.72. The molecule has 0 amide bonds. The zero-order chi connectivity index (χ0) is 13.2. The third-order valence-corrected chi connectivity index (χ3v) is 2.93. The number of hydrogen-bond acceptors (Lipinski definition) is 2. The van der Waals surface area contributed by atoms with Crippen molar-refractivity contribution in [3.8, 4) is 5.75 Å². The maximum absolute atomic E-state index is 10.3. The van der Waals surface area contributed by atoms with Gasteiger partial charge < -0.3 is 5.11 Å². The average Bonchev–Trinajstić information content (AvgIpc) is 2.51. The lowest BCUT2D eigenvalue weighted by Gasteiger charge is -2.20. The summed E-state index contributed by atoms with van der Waals surface area (Å²) in [5.74, 6) is 0.655. The topological polar surface area (TPSA) is 38.0 Å². The van der Waals surface area contributed by atoms with E-state index in [0.29, 0.717) is 5.75 Å². The van der Waals surface area contributed by atoms with Crippen molar-refractivity contribution in [3.63, 3.8) is 0 Å². The van der Waals surface area contributed by atoms with Crippen molar-refractivity contribution in [1.29, 1.82) is 0 Å². The third kappa shape index (κ3) is 3.02. The van der Waals surface area contributed by atoms with E-state index in [1.165, 1.54) is 0 Å². The molecule has 0 aliphatic rings. The minimum atomic E-state index is -0.0715. The first kappa shape index (κ1) is 14.1. The molecular weight excluding hydrogens is 212 g/mol. The van der Waals surface area contributed by atoms with E-state index in [2.05, 4.69) is 46.6 Å². The molecule has 0 fully saturated rings. The van der Waals surface area contributed by atoms with Gasteiger partial charge in [-0.15, -0.1) is 0 Å². The van der Waals surface area contributed by atoms with Gasteiger partial charge in [0.25, 0.3) is 0 Å². The van der Waals surface area contributed by atoms with Gasteiger partial charge in [-0.2, -0.15) is 5.10 Å². The molecule has 1 N–H and O–H groups in total. The van der Waals surface area contributed by atoms with Crippen molar-refractivity contribution in [2.75, 3.05) is 0 Å². The average molecular weight is 238 g/mol. The van der Waals surface area contributed by atoms with Crippen LogP contribution < -0.4 is 0 Å². The molecule has 0 aliphatic carbocycles. The Labute approximate surface area is 105 Å². The summed E-state index contributed by atoms with van der Waals surface area (Å²) in [5, 5.41) is 14.9. The number of aromatic nitrogens is 2. The molecule has 0 aromatic carbocycles. The normalized spacial score (nSPS) is 12.4. The van der Waals surface area contributed by atoms with E-state index in [1.54, 1.807) is 0 Å². The van der Waals surface area contributed by atoms with Crippen molar-refractivity contribution < 1.29 is 5.11 Å². The first-order valence-electron chi connectivity index (χ1n) is 6.59. The molecule has 3 heteroatoms. The molecule has 98 valence electrons. The van der Waals surface area contributed by atoms with Crippen molar-refractivity contribution in [3.05, 3.63) is 11.4 Å². The van der Waals surface area contributed by atoms with Gasteiger partial charge >= 0.3 is 0 Å². The summed E-state index contributed by atoms with van der Waals surface area (Å²) in [6, 6.07) is 0. The van der Waals surface area contributed by atoms with Crippen LogP contribution in [0.25, 0.3) is 0 Å². The van der Waals surface area contributed by atoms with Crippen LogP contribution in [-0.2, 0) is 12.0 Å². The van der Waals surface area contributed by atoms with E-state index < -0.39 is 0 Å². The van der Waals surface area contributed by atoms with Crippen LogP contribution in [0, 0.1) is 0 Å². The van der Waals surface area contributed by atoms with Gasteiger partial charge in [0.05, 0.1) is 5.69 Å². The first-order chi connectivity index (χ1) is 7.79. The van der Waals surface area contributed by atoms with E-state index in [4.69, 9.17) is 0 Å². The highest BCUT2D eigenvalue weighted by Crippen LogP contribution is 2.36. The van der Waals surface area contributed by atoms with Gasteiger partial charge in [-0.25, -0.2) is 0 Å². The zero-order valence-corrected chi connectivity index (χ0v) is 12.0. The molecular formula is C14H26N2O. The Balaban J connectivity index is 3.22. The van der Waals surface area contributed by atoms with Gasteiger partial charge in [0, 0.05) is 17.9 Å². The first-order valence-corrected chi connectivity index (χ1v) is 6.59. The highest BCUT2D eigenvalue weighted by atomic mass is 16.3. The quantitative estimate of drug-likeness (QED) is 0.866. The Morgan fingerprint density at radius 3 is 2.29 bits per heavy atom. The molecule has 1 aromatic rings. The molecule has 1 heterocycles. The van der Waals surface area contributed by atoms with E-state index >= 15 is 0 Å². The van der Waals surface area contributed by atoms with Gasteiger partial charge in [0.1, 0.15) is 5.69 Å². The fourth-order valence-corrected chi connectivity index (χ4v) is 2.07. The highest BCUT2D eigenvalue weighted by Gasteiger charge is 2.27. The molecule has 0 spiro atoms. The predicted molar refractivity (Wildman–Crippen MR) is 71.6 cm³/mol. The molecule has 0 unspecified atom stereocenters. The Hall–Kier alpha value is -0.990. The monoisotopic (exact) mass is 238 g/mol. The van der Waals surface area contributed by atoms with Crippen LogP contribution in [-0.4, -0.2) is 14.9 Å². The van der Waals surface area contributed by atoms with Crippen molar-refractivity contribution in [1.82, 2.24) is 9.78 Å². The molecule has 0 saturated carbocycles. The second kappa shape index (κ2) is 5.11. The van der Waals surface area contributed by atoms with Crippen LogP contribution in [0.15, 0.2) is 0 Å². The van der Waals surface area contributed by atoms with Crippen LogP contribution in [0.1, 0.15) is 71.7 Å². The number of unbranched alkanes of at least 4 members (excludes halogenated alkanes) is 1. The number of aromatic hydroxyl groups is 1. The lowest BCUT2D eigenvalue weighted by Crippen LogP contribution is -2.18. The Bertz CT molecular complexity index is 372. The van der Waals surface area contributed by atoms with Gasteiger partial charge in [-0.3, -0.25) is 4.68 Å². The van der Waals surface area contributed by atoms with E-state index in [1.807, 2.05) is 4.68 Å². The minimum Gasteiger partial charge on any atom is -0.504 e. The molecule has 17 heavy (non-hydrogen) atoms. The molecule has 0 radical (unpaired) electrons. The van der Waals surface area contributed by atoms with Gasteiger partial charge in [-0.1, -0.05) is 48.0 Å². The summed E-state index contributed by atoms with van der Waals surface area (Å²) in [7, 11) is 0. The molecule has 0 atom stereocenters. The Morgan fingerprint density at radius 2 is 1.88 bits per heavy atom. The van der Waals surface area contributed by atoms with Gasteiger partial charge in [0.2, 0.25) is 0 Å². The van der Waals surface area contributed by atoms with E-state index in [-0.39, 0.29) is 11.3 Å². The van der Waals surface area contributed by atoms with Crippen LogP contribution in [0.2, 0.25) is 0 Å². The minimum absolute atomic E-state index is 0.0715. The second-order valence-corrected chi connectivity index (χ2v) is 6.06.